The molecular formula is C13H25NO4. The van der Waals surface area contributed by atoms with E-state index in [1.54, 1.807) is 7.11 Å². The van der Waals surface area contributed by atoms with Gasteiger partial charge in [-0.25, -0.2) is 0 Å². The third-order valence-corrected chi connectivity index (χ3v) is 3.81. The van der Waals surface area contributed by atoms with E-state index >= 15 is 0 Å². The van der Waals surface area contributed by atoms with Gasteiger partial charge in [-0.3, -0.25) is 0 Å². The third-order valence-electron chi connectivity index (χ3n) is 3.81. The molecule has 0 bridgehead atoms. The van der Waals surface area contributed by atoms with Gasteiger partial charge in [0.05, 0.1) is 19.3 Å². The summed E-state index contributed by atoms with van der Waals surface area (Å²) < 4.78 is 22.6. The lowest BCUT2D eigenvalue weighted by molar-refractivity contribution is -0.206. The first-order chi connectivity index (χ1) is 8.79. The zero-order valence-corrected chi connectivity index (χ0v) is 11.4. The number of hydrogen-bond donors (Lipinski definition) is 1. The van der Waals surface area contributed by atoms with Crippen LogP contribution in [-0.2, 0) is 18.9 Å². The van der Waals surface area contributed by atoms with Gasteiger partial charge < -0.3 is 24.3 Å². The van der Waals surface area contributed by atoms with Crippen LogP contribution in [0.5, 0.6) is 0 Å². The maximum atomic E-state index is 5.97. The van der Waals surface area contributed by atoms with Crippen molar-refractivity contribution in [3.8, 4) is 0 Å². The van der Waals surface area contributed by atoms with Crippen molar-refractivity contribution in [3.63, 3.8) is 0 Å². The van der Waals surface area contributed by atoms with Crippen LogP contribution in [-0.4, -0.2) is 58.5 Å². The average molecular weight is 259 g/mol. The molecule has 1 saturated carbocycles. The van der Waals surface area contributed by atoms with Gasteiger partial charge in [0.25, 0.3) is 0 Å². The molecule has 5 heteroatoms. The number of hydrogen-bond acceptors (Lipinski definition) is 5. The summed E-state index contributed by atoms with van der Waals surface area (Å²) in [4.78, 5) is 0. The minimum Gasteiger partial charge on any atom is -0.385 e. The lowest BCUT2D eigenvalue weighted by Crippen LogP contribution is -2.51. The summed E-state index contributed by atoms with van der Waals surface area (Å²) in [7, 11) is 3.71. The van der Waals surface area contributed by atoms with E-state index in [-0.39, 0.29) is 11.9 Å². The summed E-state index contributed by atoms with van der Waals surface area (Å²) in [6.07, 6.45) is 3.91. The number of methoxy groups -OCH3 is 1. The highest BCUT2D eigenvalue weighted by Gasteiger charge is 2.45. The molecule has 1 spiro atoms. The second-order valence-corrected chi connectivity index (χ2v) is 5.00. The predicted octanol–water partition coefficient (Wildman–Crippen LogP) is 0.923. The Kier molecular flexibility index (Phi) is 5.38. The molecule has 18 heavy (non-hydrogen) atoms. The van der Waals surface area contributed by atoms with Crippen LogP contribution in [0.15, 0.2) is 0 Å². The van der Waals surface area contributed by atoms with E-state index in [0.29, 0.717) is 19.3 Å². The molecule has 2 atom stereocenters. The Morgan fingerprint density at radius 2 is 2.06 bits per heavy atom. The van der Waals surface area contributed by atoms with Crippen molar-refractivity contribution in [2.24, 2.45) is 0 Å². The molecule has 1 aliphatic heterocycles. The highest BCUT2D eigenvalue weighted by molar-refractivity contribution is 4.91. The fraction of sp³-hybridized carbons (Fsp3) is 1.00. The Balaban J connectivity index is 1.83. The van der Waals surface area contributed by atoms with Crippen molar-refractivity contribution in [1.29, 1.82) is 0 Å². The molecule has 106 valence electrons. The minimum absolute atomic E-state index is 0.165. The second-order valence-electron chi connectivity index (χ2n) is 5.00. The quantitative estimate of drug-likeness (QED) is 0.719. The van der Waals surface area contributed by atoms with Crippen molar-refractivity contribution >= 4 is 0 Å². The number of ether oxygens (including phenoxy) is 4. The first kappa shape index (κ1) is 14.2. The van der Waals surface area contributed by atoms with Gasteiger partial charge in [-0.1, -0.05) is 0 Å². The molecule has 0 aromatic carbocycles. The Bertz CT molecular complexity index is 243. The molecule has 1 N–H and O–H groups in total. The molecule has 2 fully saturated rings. The van der Waals surface area contributed by atoms with Crippen molar-refractivity contribution in [3.05, 3.63) is 0 Å². The summed E-state index contributed by atoms with van der Waals surface area (Å²) in [5.41, 5.74) is 0. The average Bonchev–Trinajstić information content (AvgIpc) is 2.83. The Morgan fingerprint density at radius 1 is 1.28 bits per heavy atom. The lowest BCUT2D eigenvalue weighted by Gasteiger charge is -2.40. The summed E-state index contributed by atoms with van der Waals surface area (Å²) >= 11 is 0. The molecule has 0 aromatic heterocycles. The molecule has 1 aliphatic carbocycles. The molecule has 5 nitrogen and oxygen atoms in total. The largest absolute Gasteiger partial charge is 0.385 e. The number of likely N-dealkylation sites (N-methyl/N-ethyl adjacent to an activating group) is 1. The van der Waals surface area contributed by atoms with E-state index in [9.17, 15) is 0 Å². The fourth-order valence-corrected chi connectivity index (χ4v) is 2.81. The number of nitrogens with one attached hydrogen (secondary N) is 1. The van der Waals surface area contributed by atoms with Gasteiger partial charge in [0.2, 0.25) is 0 Å². The zero-order valence-electron chi connectivity index (χ0n) is 11.4. The SMILES string of the molecule is CNC1CCC2(CC1OCCCOC)OCCO2. The minimum atomic E-state index is -0.376. The normalized spacial score (nSPS) is 31.0. The van der Waals surface area contributed by atoms with Gasteiger partial charge in [0.15, 0.2) is 5.79 Å². The van der Waals surface area contributed by atoms with Crippen LogP contribution >= 0.6 is 0 Å². The third kappa shape index (κ3) is 3.42. The van der Waals surface area contributed by atoms with Gasteiger partial charge in [-0.2, -0.15) is 0 Å². The van der Waals surface area contributed by atoms with Crippen molar-refractivity contribution in [2.75, 3.05) is 40.6 Å². The van der Waals surface area contributed by atoms with Crippen LogP contribution in [0.1, 0.15) is 25.7 Å². The van der Waals surface area contributed by atoms with Crippen molar-refractivity contribution in [1.82, 2.24) is 5.32 Å². The van der Waals surface area contributed by atoms with Crippen LogP contribution in [0.4, 0.5) is 0 Å². The van der Waals surface area contributed by atoms with E-state index in [4.69, 9.17) is 18.9 Å². The maximum Gasteiger partial charge on any atom is 0.171 e. The molecule has 1 saturated heterocycles. The summed E-state index contributed by atoms with van der Waals surface area (Å²) in [5, 5.41) is 3.33. The highest BCUT2D eigenvalue weighted by atomic mass is 16.7. The predicted molar refractivity (Wildman–Crippen MR) is 67.6 cm³/mol. The highest BCUT2D eigenvalue weighted by Crippen LogP contribution is 2.37. The standard InChI is InChI=1S/C13H25NO4/c1-14-11-4-5-13(17-8-9-18-13)10-12(11)16-7-3-6-15-2/h11-12,14H,3-10H2,1-2H3. The monoisotopic (exact) mass is 259 g/mol. The molecule has 0 amide bonds. The first-order valence-corrected chi connectivity index (χ1v) is 6.85. The van der Waals surface area contributed by atoms with E-state index in [1.807, 2.05) is 7.05 Å². The molecule has 0 aromatic rings. The summed E-state index contributed by atoms with van der Waals surface area (Å²) in [6, 6.07) is 0.394. The topological polar surface area (TPSA) is 49.0 Å². The van der Waals surface area contributed by atoms with Gasteiger partial charge >= 0.3 is 0 Å². The molecule has 1 heterocycles. The molecule has 0 radical (unpaired) electrons. The van der Waals surface area contributed by atoms with E-state index < -0.39 is 0 Å². The van der Waals surface area contributed by atoms with Crippen LogP contribution in [0.2, 0.25) is 0 Å². The van der Waals surface area contributed by atoms with E-state index in [2.05, 4.69) is 5.32 Å². The van der Waals surface area contributed by atoms with Crippen molar-refractivity contribution in [2.45, 2.75) is 43.6 Å². The second kappa shape index (κ2) is 6.82. The number of rotatable bonds is 6. The van der Waals surface area contributed by atoms with Gasteiger partial charge in [-0.15, -0.1) is 0 Å². The molecule has 2 rings (SSSR count). The Labute approximate surface area is 109 Å². The van der Waals surface area contributed by atoms with Gasteiger partial charge in [0.1, 0.15) is 0 Å². The zero-order chi connectivity index (χ0) is 12.8. The van der Waals surface area contributed by atoms with Gasteiger partial charge in [0, 0.05) is 39.2 Å². The smallest absolute Gasteiger partial charge is 0.171 e. The Hall–Kier alpha value is -0.200. The lowest BCUT2D eigenvalue weighted by atomic mass is 9.87. The van der Waals surface area contributed by atoms with Crippen LogP contribution in [0.3, 0.4) is 0 Å². The maximum absolute atomic E-state index is 5.97. The van der Waals surface area contributed by atoms with Gasteiger partial charge in [-0.05, 0) is 19.9 Å². The molecule has 2 aliphatic rings. The molecule has 2 unspecified atom stereocenters. The molecular weight excluding hydrogens is 234 g/mol. The summed E-state index contributed by atoms with van der Waals surface area (Å²) in [5.74, 6) is -0.376. The fourth-order valence-electron chi connectivity index (χ4n) is 2.81. The van der Waals surface area contributed by atoms with Crippen LogP contribution in [0.25, 0.3) is 0 Å². The summed E-state index contributed by atoms with van der Waals surface area (Å²) in [6.45, 7) is 2.89. The van der Waals surface area contributed by atoms with E-state index in [1.165, 1.54) is 0 Å². The first-order valence-electron chi connectivity index (χ1n) is 6.85. The Morgan fingerprint density at radius 3 is 2.72 bits per heavy atom. The van der Waals surface area contributed by atoms with Crippen LogP contribution < -0.4 is 5.32 Å². The van der Waals surface area contributed by atoms with E-state index in [0.717, 1.165) is 38.9 Å². The van der Waals surface area contributed by atoms with Crippen LogP contribution in [0, 0.1) is 0 Å². The van der Waals surface area contributed by atoms with Crippen molar-refractivity contribution < 1.29 is 18.9 Å².